The highest BCUT2D eigenvalue weighted by Crippen LogP contribution is 2.18. The van der Waals surface area contributed by atoms with Crippen LogP contribution in [-0.2, 0) is 4.12 Å². The van der Waals surface area contributed by atoms with Crippen molar-refractivity contribution < 1.29 is 4.12 Å². The number of hydrogen-bond donors (Lipinski definition) is 1. The van der Waals surface area contributed by atoms with Crippen molar-refractivity contribution in [3.63, 3.8) is 0 Å². The molecule has 0 N–H and O–H groups in total. The van der Waals surface area contributed by atoms with Gasteiger partial charge in [-0.15, -0.1) is 15.1 Å². The summed E-state index contributed by atoms with van der Waals surface area (Å²) in [6, 6.07) is 2.61. The van der Waals surface area contributed by atoms with Gasteiger partial charge in [0.05, 0.1) is 1.28 Å². The lowest BCUT2D eigenvalue weighted by Gasteiger charge is -2.23. The van der Waals surface area contributed by atoms with E-state index in [-0.39, 0.29) is 7.43 Å². The Bertz CT molecular complexity index is 289. The monoisotopic (exact) mass is 399 g/mol. The van der Waals surface area contributed by atoms with E-state index in [0.717, 1.165) is 11.7 Å². The molecular weight excluding hydrogens is 355 g/mol. The van der Waals surface area contributed by atoms with E-state index in [1.54, 1.807) is 0 Å². The molecule has 136 valence electrons. The number of thiol groups is 1. The van der Waals surface area contributed by atoms with Crippen LogP contribution in [0.3, 0.4) is 0 Å². The smallest absolute Gasteiger partial charge is 0.197 e. The van der Waals surface area contributed by atoms with Crippen LogP contribution in [-0.4, -0.2) is 38.4 Å². The zero-order valence-corrected chi connectivity index (χ0v) is 20.4. The summed E-state index contributed by atoms with van der Waals surface area (Å²) in [6.07, 6.45) is 3.72. The van der Waals surface area contributed by atoms with Crippen LogP contribution in [0, 0.1) is 0 Å². The van der Waals surface area contributed by atoms with Gasteiger partial charge in [-0.05, 0) is 31.8 Å². The number of unbranched alkanes of at least 4 members (excludes halogenated alkanes) is 1. The summed E-state index contributed by atoms with van der Waals surface area (Å²) in [5.41, 5.74) is 2.81. The van der Waals surface area contributed by atoms with Crippen LogP contribution in [0.15, 0.2) is 12.3 Å². The fourth-order valence-corrected chi connectivity index (χ4v) is 11.5. The van der Waals surface area contributed by atoms with Crippen molar-refractivity contribution in [3.05, 3.63) is 12.3 Å². The predicted molar refractivity (Wildman–Crippen MR) is 123 cm³/mol. The Labute approximate surface area is 154 Å². The van der Waals surface area contributed by atoms with Crippen LogP contribution in [0.5, 0.6) is 0 Å². The molecule has 0 aliphatic carbocycles. The number of hydrogen-bond acceptors (Lipinski definition) is 2. The van der Waals surface area contributed by atoms with Crippen molar-refractivity contribution in [2.24, 2.45) is 0 Å². The lowest BCUT2D eigenvalue weighted by molar-refractivity contribution is 0.574. The molecule has 0 aromatic heterocycles. The Balaban J connectivity index is -0.000000338. The molecule has 0 bridgehead atoms. The zero-order valence-electron chi connectivity index (χ0n) is 16.4. The average Bonchev–Trinajstić information content (AvgIpc) is 2.42. The Morgan fingerprint density at radius 1 is 1.32 bits per heavy atom. The van der Waals surface area contributed by atoms with Crippen LogP contribution >= 0.6 is 21.2 Å². The minimum Gasteiger partial charge on any atom is -0.455 e. The molecule has 0 spiro atoms. The quantitative estimate of drug-likeness (QED) is 0.247. The lowest BCUT2D eigenvalue weighted by Crippen LogP contribution is -2.34. The molecule has 22 heavy (non-hydrogen) atoms. The van der Waals surface area contributed by atoms with E-state index in [0.29, 0.717) is 0 Å². The van der Waals surface area contributed by atoms with Gasteiger partial charge in [-0.3, -0.25) is 0 Å². The fourth-order valence-electron chi connectivity index (χ4n) is 1.60. The van der Waals surface area contributed by atoms with Crippen LogP contribution in [0.4, 0.5) is 0 Å². The van der Waals surface area contributed by atoms with Gasteiger partial charge in [0.2, 0.25) is 0 Å². The lowest BCUT2D eigenvalue weighted by atomic mass is 10.4. The third-order valence-electron chi connectivity index (χ3n) is 3.08. The van der Waals surface area contributed by atoms with Crippen LogP contribution in [0.25, 0.3) is 0 Å². The summed E-state index contributed by atoms with van der Waals surface area (Å²) in [4.78, 5) is 0. The van der Waals surface area contributed by atoms with E-state index >= 15 is 0 Å². The molecule has 1 nitrogen and oxygen atoms in total. The third-order valence-corrected chi connectivity index (χ3v) is 12.8. The first-order valence-corrected chi connectivity index (χ1v) is 19.2. The Hall–Kier alpha value is 1.13. The van der Waals surface area contributed by atoms with Crippen LogP contribution < -0.4 is 0 Å². The van der Waals surface area contributed by atoms with Gasteiger partial charge in [-0.2, -0.15) is 12.6 Å². The highest BCUT2D eigenvalue weighted by atomic mass is 32.1. The average molecular weight is 400 g/mol. The van der Waals surface area contributed by atoms with E-state index in [9.17, 15) is 0 Å². The van der Waals surface area contributed by atoms with Crippen molar-refractivity contribution in [1.82, 2.24) is 0 Å². The Morgan fingerprint density at radius 3 is 2.23 bits per heavy atom. The molecule has 0 aromatic rings. The molecule has 2 unspecified atom stereocenters. The second-order valence-corrected chi connectivity index (χ2v) is 21.7. The van der Waals surface area contributed by atoms with E-state index in [2.05, 4.69) is 65.4 Å². The summed E-state index contributed by atoms with van der Waals surface area (Å²) in [5, 5.41) is 0. The first-order valence-electron chi connectivity index (χ1n) is 8.58. The van der Waals surface area contributed by atoms with Crippen molar-refractivity contribution in [2.45, 2.75) is 78.6 Å². The molecule has 6 heteroatoms. The topological polar surface area (TPSA) is 9.23 Å². The maximum absolute atomic E-state index is 7.51. The molecule has 0 saturated heterocycles. The van der Waals surface area contributed by atoms with E-state index in [4.69, 9.17) is 5.39 Å². The van der Waals surface area contributed by atoms with Gasteiger partial charge in [-0.25, -0.2) is 0 Å². The molecule has 0 aliphatic heterocycles. The van der Waals surface area contributed by atoms with Gasteiger partial charge >= 0.3 is 0 Å². The number of rotatable bonds is 10. The van der Waals surface area contributed by atoms with Crippen molar-refractivity contribution in [1.29, 1.82) is 1.28 Å². The van der Waals surface area contributed by atoms with Gasteiger partial charge in [0.1, 0.15) is 0 Å². The molecule has 0 saturated carbocycles. The molecule has 0 fully saturated rings. The normalized spacial score (nSPS) is 14.8. The zero-order chi connectivity index (χ0) is 17.8. The van der Waals surface area contributed by atoms with Gasteiger partial charge < -0.3 is 4.12 Å². The van der Waals surface area contributed by atoms with E-state index in [1.165, 1.54) is 24.9 Å². The van der Waals surface area contributed by atoms with E-state index in [1.807, 2.05) is 5.70 Å². The van der Waals surface area contributed by atoms with E-state index < -0.39 is 34.0 Å². The minimum absolute atomic E-state index is 0. The molecule has 2 atom stereocenters. The Kier molecular flexibility index (Phi) is 18.0. The molecule has 0 aromatic carbocycles. The molecular formula is C16H43OPSSi3. The minimum atomic E-state index is -1.46. The van der Waals surface area contributed by atoms with Gasteiger partial charge in [0.15, 0.2) is 17.4 Å². The summed E-state index contributed by atoms with van der Waals surface area (Å²) in [6.45, 7) is 19.9. The van der Waals surface area contributed by atoms with Gasteiger partial charge in [0, 0.05) is 13.6 Å². The molecule has 0 heterocycles. The van der Waals surface area contributed by atoms with Crippen molar-refractivity contribution in [3.8, 4) is 0 Å². The third kappa shape index (κ3) is 23.4. The first kappa shape index (κ1) is 25.4. The summed E-state index contributed by atoms with van der Waals surface area (Å²) in [7, 11) is -3.70. The first-order chi connectivity index (χ1) is 9.97. The van der Waals surface area contributed by atoms with Crippen LogP contribution in [0.1, 0.15) is 27.2 Å². The van der Waals surface area contributed by atoms with Crippen LogP contribution in [0.2, 0.25) is 51.4 Å². The van der Waals surface area contributed by atoms with Crippen molar-refractivity contribution in [2.75, 3.05) is 11.7 Å². The maximum atomic E-state index is 7.51. The Morgan fingerprint density at radius 2 is 1.86 bits per heavy atom. The second kappa shape index (κ2) is 15.6. The molecule has 0 aliphatic rings. The SMILES string of the molecule is C.C=C[Si](C)(C)O[SiH](C)CCCC.[2H]P(CS)CC[Si](C)(C)C. The van der Waals surface area contributed by atoms with Crippen molar-refractivity contribution >= 4 is 46.6 Å². The highest BCUT2D eigenvalue weighted by Gasteiger charge is 2.20. The molecule has 0 rings (SSSR count). The summed E-state index contributed by atoms with van der Waals surface area (Å²) >= 11 is 4.10. The highest BCUT2D eigenvalue weighted by molar-refractivity contribution is 7.86. The van der Waals surface area contributed by atoms with Gasteiger partial charge in [-0.1, -0.05) is 58.6 Å². The fraction of sp³-hybridized carbons (Fsp3) is 0.875. The predicted octanol–water partition coefficient (Wildman–Crippen LogP) is 6.61. The summed E-state index contributed by atoms with van der Waals surface area (Å²) in [5.74, 6) is 0. The second-order valence-electron chi connectivity index (χ2n) is 7.28. The maximum Gasteiger partial charge on any atom is 0.197 e. The standard InChI is InChI=1S/C9H22OSi2.C6H17PSSi.CH4/c1-6-8-9-11(3)10-12(4,5)7-2;1-9(2,3)5-4-7-6-8;/h7,11H,2,6,8-9H2,1,3-5H3;7-8H,4-6H2,1-3H3;1H4/i;7D;. The largest absolute Gasteiger partial charge is 0.455 e. The summed E-state index contributed by atoms with van der Waals surface area (Å²) < 4.78 is 13.6. The van der Waals surface area contributed by atoms with Gasteiger partial charge in [0.25, 0.3) is 0 Å². The molecule has 0 amide bonds. The molecule has 0 radical (unpaired) electrons.